The third kappa shape index (κ3) is 3.45. The number of fused-ring (bicyclic) bond motifs is 18. The summed E-state index contributed by atoms with van der Waals surface area (Å²) < 4.78 is 8.60. The predicted molar refractivity (Wildman–Crippen MR) is 172 cm³/mol. The number of hydrogen-bond donors (Lipinski definition) is 1. The topological polar surface area (TPSA) is 70.0 Å². The average Bonchev–Trinajstić information content (AvgIpc) is 3.74. The summed E-state index contributed by atoms with van der Waals surface area (Å²) in [6.07, 6.45) is 16.9. The van der Waals surface area contributed by atoms with E-state index in [0.29, 0.717) is 0 Å². The van der Waals surface area contributed by atoms with Crippen molar-refractivity contribution in [3.8, 4) is 11.3 Å². The van der Waals surface area contributed by atoms with E-state index >= 15 is 0 Å². The second-order valence-electron chi connectivity index (χ2n) is 11.7. The molecule has 5 aliphatic rings. The van der Waals surface area contributed by atoms with Crippen LogP contribution in [0.2, 0.25) is 0 Å². The minimum atomic E-state index is 0.880. The third-order valence-corrected chi connectivity index (χ3v) is 8.92. The molecule has 1 N–H and O–H groups in total. The van der Waals surface area contributed by atoms with Crippen LogP contribution in [0, 0.1) is 0 Å². The molecule has 5 aliphatic heterocycles. The van der Waals surface area contributed by atoms with Crippen LogP contribution < -0.4 is 24.4 Å². The van der Waals surface area contributed by atoms with Gasteiger partial charge in [-0.1, -0.05) is 0 Å². The van der Waals surface area contributed by atoms with Crippen LogP contribution in [0.1, 0.15) is 33.9 Å². The maximum Gasteiger partial charge on any atom is 0.240 e. The maximum atomic E-state index is 5.24. The maximum absolute atomic E-state index is 5.24. The number of nitrogens with one attached hydrogen (secondary N) is 1. The van der Waals surface area contributed by atoms with Crippen molar-refractivity contribution >= 4 is 58.0 Å². The molecule has 0 aromatic carbocycles. The van der Waals surface area contributed by atoms with Crippen LogP contribution in [-0.4, -0.2) is 26.0 Å². The summed E-state index contributed by atoms with van der Waals surface area (Å²) in [6.45, 7) is 0. The smallest absolute Gasteiger partial charge is 0.240 e. The lowest BCUT2D eigenvalue weighted by Gasteiger charge is -2.08. The molecule has 0 aliphatic carbocycles. The largest absolute Gasteiger partial charge is 0.349 e. The highest BCUT2D eigenvalue weighted by atomic mass is 15.0. The van der Waals surface area contributed by atoms with E-state index in [1.807, 2.05) is 0 Å². The Kier molecular flexibility index (Phi) is 5.00. The Balaban J connectivity index is 1.45. The van der Waals surface area contributed by atoms with Crippen molar-refractivity contribution in [3.63, 3.8) is 0 Å². The molecule has 0 saturated carbocycles. The SMILES string of the molecule is Cn1cccc2c3nc(c1-2)C=C1N=C(C=c2[nH]c(c4c2ccc[n+]4C)=CC2=NC(=C3)c3c2ccc[n+]3C)c2c1ccc[n+]2C. The quantitative estimate of drug-likeness (QED) is 0.279. The Morgan fingerprint density at radius 3 is 2.18 bits per heavy atom. The highest BCUT2D eigenvalue weighted by Gasteiger charge is 2.31. The number of aliphatic imine (C=N–C) groups is 2. The minimum Gasteiger partial charge on any atom is -0.349 e. The molecule has 0 saturated heterocycles. The van der Waals surface area contributed by atoms with Gasteiger partial charge < -0.3 is 9.55 Å². The fraction of sp³-hybridized carbons (Fsp3) is 0.111. The molecule has 0 amide bonds. The van der Waals surface area contributed by atoms with Gasteiger partial charge in [-0.05, 0) is 54.6 Å². The van der Waals surface area contributed by atoms with Crippen LogP contribution in [0.3, 0.4) is 0 Å². The number of aromatic amines is 1. The number of aromatic nitrogens is 6. The standard InChI is InChI=1S/C36H29N8/c1-41-13-5-9-21-25-18-30-35-23(11-7-15-43(35)3)27(39-30)20-32-36-24(12-8-16-44(36)4)28(40-32)19-31-34-22(10-6-14-42(34)2)26(38-31)17-29(37-25)33(21)41/h5-20,37H,1-4H3/q+3. The van der Waals surface area contributed by atoms with Crippen LogP contribution in [0.25, 0.3) is 57.9 Å². The summed E-state index contributed by atoms with van der Waals surface area (Å²) in [5, 5.41) is 3.12. The molecule has 0 atom stereocenters. The van der Waals surface area contributed by atoms with Crippen LogP contribution in [0.5, 0.6) is 0 Å². The number of H-pyrrole nitrogens is 1. The van der Waals surface area contributed by atoms with Crippen molar-refractivity contribution < 1.29 is 13.7 Å². The van der Waals surface area contributed by atoms with Gasteiger partial charge in [0, 0.05) is 37.0 Å². The van der Waals surface area contributed by atoms with Gasteiger partial charge >= 0.3 is 0 Å². The Morgan fingerprint density at radius 2 is 1.32 bits per heavy atom. The van der Waals surface area contributed by atoms with Crippen LogP contribution in [0.15, 0.2) is 83.3 Å². The molecule has 0 radical (unpaired) electrons. The van der Waals surface area contributed by atoms with E-state index < -0.39 is 0 Å². The first kappa shape index (κ1) is 24.8. The minimum absolute atomic E-state index is 0.880. The van der Waals surface area contributed by atoms with E-state index in [9.17, 15) is 0 Å². The predicted octanol–water partition coefficient (Wildman–Crippen LogP) is 2.36. The van der Waals surface area contributed by atoms with Gasteiger partial charge in [0.1, 0.15) is 37.9 Å². The van der Waals surface area contributed by atoms with Gasteiger partial charge in [0.25, 0.3) is 0 Å². The van der Waals surface area contributed by atoms with Crippen molar-refractivity contribution in [2.75, 3.05) is 0 Å². The first-order valence-electron chi connectivity index (χ1n) is 14.7. The molecule has 0 unspecified atom stereocenters. The van der Waals surface area contributed by atoms with Crippen LogP contribution in [0.4, 0.5) is 0 Å². The summed E-state index contributed by atoms with van der Waals surface area (Å²) in [5.41, 5.74) is 12.9. The molecule has 8 nitrogen and oxygen atoms in total. The van der Waals surface area contributed by atoms with E-state index in [1.54, 1.807) is 0 Å². The molecule has 8 bridgehead atoms. The molecule has 9 rings (SSSR count). The summed E-state index contributed by atoms with van der Waals surface area (Å²) in [5.74, 6) is 0. The van der Waals surface area contributed by atoms with E-state index in [0.717, 1.165) is 89.6 Å². The van der Waals surface area contributed by atoms with Crippen LogP contribution in [-0.2, 0) is 28.2 Å². The summed E-state index contributed by atoms with van der Waals surface area (Å²) in [4.78, 5) is 19.4. The number of pyridine rings is 4. The molecule has 44 heavy (non-hydrogen) atoms. The molecule has 9 heterocycles. The zero-order valence-electron chi connectivity index (χ0n) is 24.9. The summed E-state index contributed by atoms with van der Waals surface area (Å²) in [6, 6.07) is 16.9. The van der Waals surface area contributed by atoms with E-state index in [4.69, 9.17) is 15.0 Å². The molecular weight excluding hydrogens is 544 g/mol. The van der Waals surface area contributed by atoms with Gasteiger partial charge in [0.2, 0.25) is 16.9 Å². The first-order valence-corrected chi connectivity index (χ1v) is 14.7. The van der Waals surface area contributed by atoms with Gasteiger partial charge in [-0.3, -0.25) is 0 Å². The summed E-state index contributed by atoms with van der Waals surface area (Å²) in [7, 11) is 8.30. The van der Waals surface area contributed by atoms with E-state index in [-0.39, 0.29) is 0 Å². The van der Waals surface area contributed by atoms with Gasteiger partial charge in [0.15, 0.2) is 18.6 Å². The number of rotatable bonds is 0. The molecule has 8 heteroatoms. The Morgan fingerprint density at radius 1 is 0.636 bits per heavy atom. The zero-order chi connectivity index (χ0) is 29.7. The van der Waals surface area contributed by atoms with Gasteiger partial charge in [-0.15, -0.1) is 0 Å². The highest BCUT2D eigenvalue weighted by molar-refractivity contribution is 6.28. The van der Waals surface area contributed by atoms with Crippen molar-refractivity contribution in [3.05, 3.63) is 118 Å². The number of aryl methyl sites for hydroxylation is 4. The molecule has 4 aromatic rings. The monoisotopic (exact) mass is 573 g/mol. The molecule has 0 spiro atoms. The second kappa shape index (κ2) is 8.87. The van der Waals surface area contributed by atoms with Gasteiger partial charge in [-0.25, -0.2) is 15.0 Å². The van der Waals surface area contributed by atoms with E-state index in [1.165, 1.54) is 0 Å². The highest BCUT2D eigenvalue weighted by Crippen LogP contribution is 2.37. The van der Waals surface area contributed by atoms with Crippen molar-refractivity contribution in [2.24, 2.45) is 38.2 Å². The normalized spacial score (nSPS) is 14.8. The molecule has 210 valence electrons. The lowest BCUT2D eigenvalue weighted by atomic mass is 10.1. The zero-order valence-corrected chi connectivity index (χ0v) is 24.9. The number of hydrogen-bond acceptors (Lipinski definition) is 3. The van der Waals surface area contributed by atoms with Crippen molar-refractivity contribution in [1.29, 1.82) is 0 Å². The lowest BCUT2D eigenvalue weighted by Crippen LogP contribution is -2.35. The average molecular weight is 574 g/mol. The molecule has 4 aromatic heterocycles. The third-order valence-electron chi connectivity index (χ3n) is 8.92. The van der Waals surface area contributed by atoms with Gasteiger partial charge in [0.05, 0.1) is 50.4 Å². The summed E-state index contributed by atoms with van der Waals surface area (Å²) >= 11 is 0. The fourth-order valence-electron chi connectivity index (χ4n) is 6.96. The van der Waals surface area contributed by atoms with Gasteiger partial charge in [-0.2, -0.15) is 13.7 Å². The Hall–Kier alpha value is -5.76. The van der Waals surface area contributed by atoms with Crippen molar-refractivity contribution in [1.82, 2.24) is 14.5 Å². The molecule has 0 fully saturated rings. The van der Waals surface area contributed by atoms with Crippen molar-refractivity contribution in [2.45, 2.75) is 0 Å². The Labute approximate surface area is 253 Å². The number of nitrogens with zero attached hydrogens (tertiary/aromatic N) is 7. The lowest BCUT2D eigenvalue weighted by molar-refractivity contribution is -0.673. The van der Waals surface area contributed by atoms with E-state index in [2.05, 4.69) is 149 Å². The first-order chi connectivity index (χ1) is 21.4. The Bertz CT molecular complexity index is 2480. The second-order valence-corrected chi connectivity index (χ2v) is 11.7. The molecular formula is C36H29N8+3. The van der Waals surface area contributed by atoms with Crippen LogP contribution >= 0.6 is 0 Å². The fourth-order valence-corrected chi connectivity index (χ4v) is 6.96.